The van der Waals surface area contributed by atoms with Gasteiger partial charge in [-0.15, -0.1) is 0 Å². The lowest BCUT2D eigenvalue weighted by molar-refractivity contribution is -0.116. The Kier molecular flexibility index (Phi) is 6.21. The number of nitriles is 1. The summed E-state index contributed by atoms with van der Waals surface area (Å²) in [6.45, 7) is 5.77. The molecule has 0 bridgehead atoms. The van der Waals surface area contributed by atoms with Gasteiger partial charge >= 0.3 is 6.03 Å². The molecule has 0 aliphatic rings. The third-order valence-corrected chi connectivity index (χ3v) is 2.74. The Morgan fingerprint density at radius 2 is 2.00 bits per heavy atom. The topological polar surface area (TPSA) is 85.2 Å². The van der Waals surface area contributed by atoms with Gasteiger partial charge in [0.1, 0.15) is 6.07 Å². The molecule has 0 saturated heterocycles. The molecule has 0 spiro atoms. The van der Waals surface area contributed by atoms with Gasteiger partial charge in [-0.05, 0) is 26.0 Å². The highest BCUT2D eigenvalue weighted by Crippen LogP contribution is 2.19. The number of nitrogens with one attached hydrogen (secondary N) is 2. The molecule has 0 radical (unpaired) electrons. The van der Waals surface area contributed by atoms with E-state index in [0.717, 1.165) is 0 Å². The number of hydrogen-bond acceptors (Lipinski definition) is 3. The number of hydrogen-bond donors (Lipinski definition) is 2. The first-order valence-corrected chi connectivity index (χ1v) is 6.77. The number of anilines is 1. The van der Waals surface area contributed by atoms with Gasteiger partial charge in [-0.25, -0.2) is 4.79 Å². The van der Waals surface area contributed by atoms with E-state index in [-0.39, 0.29) is 18.0 Å². The van der Waals surface area contributed by atoms with Crippen molar-refractivity contribution >= 4 is 17.6 Å². The number of benzene rings is 1. The first-order chi connectivity index (χ1) is 9.95. The third-order valence-electron chi connectivity index (χ3n) is 2.74. The standard InChI is InChI=1S/C15H20N4O2/c1-11(2)18-15(21)17-8-9-19(12(3)20)14-7-5-4-6-13(14)10-16/h4-7,11H,8-9H2,1-3H3,(H2,17,18,21). The second-order valence-electron chi connectivity index (χ2n) is 4.85. The molecule has 0 fully saturated rings. The van der Waals surface area contributed by atoms with Crippen LogP contribution in [-0.2, 0) is 4.79 Å². The van der Waals surface area contributed by atoms with Gasteiger partial charge in [0, 0.05) is 26.1 Å². The molecule has 21 heavy (non-hydrogen) atoms. The van der Waals surface area contributed by atoms with E-state index >= 15 is 0 Å². The Morgan fingerprint density at radius 1 is 1.33 bits per heavy atom. The fourth-order valence-corrected chi connectivity index (χ4v) is 1.85. The summed E-state index contributed by atoms with van der Waals surface area (Å²) in [4.78, 5) is 24.7. The first-order valence-electron chi connectivity index (χ1n) is 6.77. The minimum Gasteiger partial charge on any atom is -0.336 e. The number of amides is 3. The van der Waals surface area contributed by atoms with E-state index in [9.17, 15) is 9.59 Å². The number of carbonyl (C=O) groups excluding carboxylic acids is 2. The van der Waals surface area contributed by atoms with Gasteiger partial charge in [0.2, 0.25) is 5.91 Å². The van der Waals surface area contributed by atoms with Crippen LogP contribution in [0, 0.1) is 11.3 Å². The van der Waals surface area contributed by atoms with Gasteiger partial charge in [-0.3, -0.25) is 4.79 Å². The average molecular weight is 288 g/mol. The van der Waals surface area contributed by atoms with E-state index < -0.39 is 0 Å². The van der Waals surface area contributed by atoms with Crippen molar-refractivity contribution in [1.82, 2.24) is 10.6 Å². The zero-order valence-corrected chi connectivity index (χ0v) is 12.5. The minimum absolute atomic E-state index is 0.0493. The van der Waals surface area contributed by atoms with Crippen LogP contribution in [0.2, 0.25) is 0 Å². The second-order valence-corrected chi connectivity index (χ2v) is 4.85. The molecular formula is C15H20N4O2. The molecule has 0 heterocycles. The predicted octanol–water partition coefficient (Wildman–Crippen LogP) is 1.62. The molecule has 1 aromatic carbocycles. The highest BCUT2D eigenvalue weighted by Gasteiger charge is 2.15. The van der Waals surface area contributed by atoms with Crippen LogP contribution in [0.4, 0.5) is 10.5 Å². The maximum absolute atomic E-state index is 11.8. The van der Waals surface area contributed by atoms with E-state index in [1.807, 2.05) is 13.8 Å². The zero-order chi connectivity index (χ0) is 15.8. The molecule has 0 atom stereocenters. The number of nitrogens with zero attached hydrogens (tertiary/aromatic N) is 2. The van der Waals surface area contributed by atoms with Crippen molar-refractivity contribution in [2.75, 3.05) is 18.0 Å². The molecule has 112 valence electrons. The van der Waals surface area contributed by atoms with Gasteiger partial charge in [0.05, 0.1) is 11.3 Å². The monoisotopic (exact) mass is 288 g/mol. The maximum Gasteiger partial charge on any atom is 0.315 e. The van der Waals surface area contributed by atoms with E-state index in [4.69, 9.17) is 5.26 Å². The highest BCUT2D eigenvalue weighted by molar-refractivity contribution is 5.93. The SMILES string of the molecule is CC(=O)N(CCNC(=O)NC(C)C)c1ccccc1C#N. The fraction of sp³-hybridized carbons (Fsp3) is 0.400. The third kappa shape index (κ3) is 5.15. The quantitative estimate of drug-likeness (QED) is 0.863. The Balaban J connectivity index is 2.70. The lowest BCUT2D eigenvalue weighted by Crippen LogP contribution is -2.43. The van der Waals surface area contributed by atoms with Crippen molar-refractivity contribution in [3.05, 3.63) is 29.8 Å². The van der Waals surface area contributed by atoms with Gasteiger partial charge in [0.15, 0.2) is 0 Å². The van der Waals surface area contributed by atoms with Crippen LogP contribution >= 0.6 is 0 Å². The van der Waals surface area contributed by atoms with Crippen LogP contribution in [0.5, 0.6) is 0 Å². The summed E-state index contributed by atoms with van der Waals surface area (Å²) in [5, 5.41) is 14.5. The van der Waals surface area contributed by atoms with Crippen LogP contribution < -0.4 is 15.5 Å². The van der Waals surface area contributed by atoms with Gasteiger partial charge < -0.3 is 15.5 Å². The summed E-state index contributed by atoms with van der Waals surface area (Å²) >= 11 is 0. The van der Waals surface area contributed by atoms with Crippen LogP contribution in [0.15, 0.2) is 24.3 Å². The summed E-state index contributed by atoms with van der Waals surface area (Å²) in [5.74, 6) is -0.177. The molecule has 2 N–H and O–H groups in total. The van der Waals surface area contributed by atoms with Crippen LogP contribution in [-0.4, -0.2) is 31.1 Å². The molecule has 6 nitrogen and oxygen atoms in total. The second kappa shape index (κ2) is 7.90. The molecule has 0 aliphatic carbocycles. The lowest BCUT2D eigenvalue weighted by Gasteiger charge is -2.22. The molecule has 0 saturated carbocycles. The Bertz CT molecular complexity index is 549. The molecule has 0 aromatic heterocycles. The Hall–Kier alpha value is -2.55. The lowest BCUT2D eigenvalue weighted by atomic mass is 10.1. The number of para-hydroxylation sites is 1. The molecule has 1 aromatic rings. The van der Waals surface area contributed by atoms with Crippen LogP contribution in [0.3, 0.4) is 0 Å². The Labute approximate surface area is 124 Å². The van der Waals surface area contributed by atoms with Crippen LogP contribution in [0.25, 0.3) is 0 Å². The van der Waals surface area contributed by atoms with E-state index in [1.54, 1.807) is 24.3 Å². The molecular weight excluding hydrogens is 268 g/mol. The average Bonchev–Trinajstić information content (AvgIpc) is 2.42. The summed E-state index contributed by atoms with van der Waals surface area (Å²) in [7, 11) is 0. The van der Waals surface area contributed by atoms with E-state index in [2.05, 4.69) is 16.7 Å². The van der Waals surface area contributed by atoms with Crippen molar-refractivity contribution in [2.45, 2.75) is 26.8 Å². The molecule has 0 unspecified atom stereocenters. The number of urea groups is 1. The maximum atomic E-state index is 11.8. The smallest absolute Gasteiger partial charge is 0.315 e. The first kappa shape index (κ1) is 16.5. The summed E-state index contributed by atoms with van der Waals surface area (Å²) < 4.78 is 0. The van der Waals surface area contributed by atoms with E-state index in [0.29, 0.717) is 24.3 Å². The van der Waals surface area contributed by atoms with Crippen molar-refractivity contribution in [2.24, 2.45) is 0 Å². The number of carbonyl (C=O) groups is 2. The van der Waals surface area contributed by atoms with Crippen molar-refractivity contribution in [1.29, 1.82) is 5.26 Å². The molecule has 6 heteroatoms. The Morgan fingerprint density at radius 3 is 2.57 bits per heavy atom. The number of rotatable bonds is 5. The predicted molar refractivity (Wildman–Crippen MR) is 80.9 cm³/mol. The van der Waals surface area contributed by atoms with Gasteiger partial charge in [0.25, 0.3) is 0 Å². The van der Waals surface area contributed by atoms with Gasteiger partial charge in [-0.2, -0.15) is 5.26 Å². The fourth-order valence-electron chi connectivity index (χ4n) is 1.85. The largest absolute Gasteiger partial charge is 0.336 e. The minimum atomic E-state index is -0.276. The van der Waals surface area contributed by atoms with Crippen molar-refractivity contribution in [3.63, 3.8) is 0 Å². The van der Waals surface area contributed by atoms with Crippen LogP contribution in [0.1, 0.15) is 26.3 Å². The van der Waals surface area contributed by atoms with Crippen molar-refractivity contribution < 1.29 is 9.59 Å². The molecule has 0 aliphatic heterocycles. The zero-order valence-electron chi connectivity index (χ0n) is 12.5. The summed E-state index contributed by atoms with van der Waals surface area (Å²) in [6.07, 6.45) is 0. The van der Waals surface area contributed by atoms with Crippen molar-refractivity contribution in [3.8, 4) is 6.07 Å². The molecule has 1 rings (SSSR count). The van der Waals surface area contributed by atoms with Gasteiger partial charge in [-0.1, -0.05) is 12.1 Å². The normalized spacial score (nSPS) is 9.86. The summed E-state index contributed by atoms with van der Waals surface area (Å²) in [6, 6.07) is 8.72. The van der Waals surface area contributed by atoms with E-state index in [1.165, 1.54) is 11.8 Å². The summed E-state index contributed by atoms with van der Waals surface area (Å²) in [5.41, 5.74) is 0.984. The highest BCUT2D eigenvalue weighted by atomic mass is 16.2. The molecule has 3 amide bonds.